The van der Waals surface area contributed by atoms with Gasteiger partial charge in [0.2, 0.25) is 0 Å². The Morgan fingerprint density at radius 3 is 3.00 bits per heavy atom. The third kappa shape index (κ3) is 2.60. The standard InChI is InChI=1S/C16H15N5O/c1-2-4-12(5-3-1)16-19-15(20-22-16)10-21-7-6-13-8-17-11-18-14(13)9-21/h1-5,8,11H,6-7,9-10H2. The van der Waals surface area contributed by atoms with Gasteiger partial charge in [-0.2, -0.15) is 4.98 Å². The summed E-state index contributed by atoms with van der Waals surface area (Å²) in [7, 11) is 0. The number of aromatic nitrogens is 4. The highest BCUT2D eigenvalue weighted by Gasteiger charge is 2.19. The molecular formula is C16H15N5O. The molecule has 1 aromatic carbocycles. The largest absolute Gasteiger partial charge is 0.334 e. The van der Waals surface area contributed by atoms with Crippen LogP contribution in [0.4, 0.5) is 0 Å². The predicted octanol–water partition coefficient (Wildman–Crippen LogP) is 2.08. The summed E-state index contributed by atoms with van der Waals surface area (Å²) < 4.78 is 5.35. The molecule has 0 aliphatic carbocycles. The Kier molecular flexibility index (Phi) is 3.36. The van der Waals surface area contributed by atoms with Crippen LogP contribution in [0.2, 0.25) is 0 Å². The lowest BCUT2D eigenvalue weighted by Gasteiger charge is -2.26. The summed E-state index contributed by atoms with van der Waals surface area (Å²) in [6, 6.07) is 9.81. The molecule has 0 atom stereocenters. The van der Waals surface area contributed by atoms with Crippen LogP contribution in [0.5, 0.6) is 0 Å². The molecule has 22 heavy (non-hydrogen) atoms. The van der Waals surface area contributed by atoms with E-state index in [-0.39, 0.29) is 0 Å². The van der Waals surface area contributed by atoms with Crippen LogP contribution in [0.1, 0.15) is 17.1 Å². The zero-order chi connectivity index (χ0) is 14.8. The molecule has 110 valence electrons. The van der Waals surface area contributed by atoms with Gasteiger partial charge >= 0.3 is 0 Å². The first-order chi connectivity index (χ1) is 10.9. The lowest BCUT2D eigenvalue weighted by Crippen LogP contribution is -2.31. The van der Waals surface area contributed by atoms with E-state index in [1.165, 1.54) is 5.56 Å². The van der Waals surface area contributed by atoms with Crippen molar-refractivity contribution in [2.75, 3.05) is 6.54 Å². The second kappa shape index (κ2) is 5.65. The van der Waals surface area contributed by atoms with Crippen LogP contribution < -0.4 is 0 Å². The fourth-order valence-electron chi connectivity index (χ4n) is 2.66. The first-order valence-electron chi connectivity index (χ1n) is 7.26. The maximum atomic E-state index is 5.35. The molecule has 6 heteroatoms. The van der Waals surface area contributed by atoms with E-state index in [9.17, 15) is 0 Å². The van der Waals surface area contributed by atoms with Crippen LogP contribution in [-0.4, -0.2) is 31.6 Å². The van der Waals surface area contributed by atoms with Crippen molar-refractivity contribution in [3.63, 3.8) is 0 Å². The summed E-state index contributed by atoms with van der Waals surface area (Å²) in [4.78, 5) is 15.2. The lowest BCUT2D eigenvalue weighted by molar-refractivity contribution is 0.231. The number of hydrogen-bond acceptors (Lipinski definition) is 6. The van der Waals surface area contributed by atoms with Gasteiger partial charge in [0, 0.05) is 24.8 Å². The molecular weight excluding hydrogens is 278 g/mol. The van der Waals surface area contributed by atoms with Crippen LogP contribution in [0.3, 0.4) is 0 Å². The highest BCUT2D eigenvalue weighted by atomic mass is 16.5. The minimum absolute atomic E-state index is 0.565. The average molecular weight is 293 g/mol. The summed E-state index contributed by atoms with van der Waals surface area (Å²) in [6.07, 6.45) is 4.46. The maximum Gasteiger partial charge on any atom is 0.257 e. The van der Waals surface area contributed by atoms with E-state index < -0.39 is 0 Å². The van der Waals surface area contributed by atoms with Crippen LogP contribution in [-0.2, 0) is 19.5 Å². The van der Waals surface area contributed by atoms with Gasteiger partial charge in [-0.05, 0) is 24.1 Å². The zero-order valence-electron chi connectivity index (χ0n) is 12.0. The van der Waals surface area contributed by atoms with Crippen molar-refractivity contribution < 1.29 is 4.52 Å². The van der Waals surface area contributed by atoms with Crippen molar-refractivity contribution in [3.05, 3.63) is 59.9 Å². The van der Waals surface area contributed by atoms with E-state index in [1.54, 1.807) is 6.33 Å². The summed E-state index contributed by atoms with van der Waals surface area (Å²) in [5, 5.41) is 4.08. The second-order valence-electron chi connectivity index (χ2n) is 5.34. The third-order valence-electron chi connectivity index (χ3n) is 3.81. The molecule has 3 aromatic rings. The summed E-state index contributed by atoms with van der Waals surface area (Å²) >= 11 is 0. The molecule has 0 saturated heterocycles. The zero-order valence-corrected chi connectivity index (χ0v) is 12.0. The van der Waals surface area contributed by atoms with Crippen LogP contribution in [0, 0.1) is 0 Å². The summed E-state index contributed by atoms with van der Waals surface area (Å²) in [6.45, 7) is 2.42. The maximum absolute atomic E-state index is 5.35. The Balaban J connectivity index is 1.48. The van der Waals surface area contributed by atoms with Crippen molar-refractivity contribution in [2.24, 2.45) is 0 Å². The summed E-state index contributed by atoms with van der Waals surface area (Å²) in [5.41, 5.74) is 3.27. The highest BCUT2D eigenvalue weighted by molar-refractivity contribution is 5.51. The van der Waals surface area contributed by atoms with E-state index in [2.05, 4.69) is 25.0 Å². The molecule has 1 aliphatic rings. The van der Waals surface area contributed by atoms with Crippen molar-refractivity contribution >= 4 is 0 Å². The molecule has 6 nitrogen and oxygen atoms in total. The number of fused-ring (bicyclic) bond motifs is 1. The van der Waals surface area contributed by atoms with Gasteiger partial charge < -0.3 is 4.52 Å². The number of nitrogens with zero attached hydrogens (tertiary/aromatic N) is 5. The minimum Gasteiger partial charge on any atom is -0.334 e. The second-order valence-corrected chi connectivity index (χ2v) is 5.34. The molecule has 0 spiro atoms. The van der Waals surface area contributed by atoms with E-state index >= 15 is 0 Å². The van der Waals surface area contributed by atoms with Gasteiger partial charge in [-0.25, -0.2) is 9.97 Å². The average Bonchev–Trinajstić information content (AvgIpc) is 3.04. The Labute approximate surface area is 127 Å². The molecule has 3 heterocycles. The normalized spacial score (nSPS) is 14.7. The van der Waals surface area contributed by atoms with Gasteiger partial charge in [-0.15, -0.1) is 0 Å². The Hall–Kier alpha value is -2.60. The molecule has 0 N–H and O–H groups in total. The third-order valence-corrected chi connectivity index (χ3v) is 3.81. The fraction of sp³-hybridized carbons (Fsp3) is 0.250. The molecule has 0 bridgehead atoms. The molecule has 4 rings (SSSR count). The first kappa shape index (κ1) is 13.1. The van der Waals surface area contributed by atoms with Crippen LogP contribution in [0.25, 0.3) is 11.5 Å². The van der Waals surface area contributed by atoms with E-state index in [0.717, 1.165) is 30.8 Å². The van der Waals surface area contributed by atoms with Gasteiger partial charge in [0.25, 0.3) is 5.89 Å². The van der Waals surface area contributed by atoms with E-state index in [4.69, 9.17) is 4.52 Å². The van der Waals surface area contributed by atoms with Crippen molar-refractivity contribution in [3.8, 4) is 11.5 Å². The fourth-order valence-corrected chi connectivity index (χ4v) is 2.66. The highest BCUT2D eigenvalue weighted by Crippen LogP contribution is 2.19. The molecule has 0 saturated carbocycles. The monoisotopic (exact) mass is 293 g/mol. The SMILES string of the molecule is c1ccc(-c2nc(CN3CCc4cncnc4C3)no2)cc1. The van der Waals surface area contributed by atoms with Gasteiger partial charge in [0.1, 0.15) is 6.33 Å². The number of hydrogen-bond donors (Lipinski definition) is 0. The topological polar surface area (TPSA) is 67.9 Å². The first-order valence-corrected chi connectivity index (χ1v) is 7.26. The smallest absolute Gasteiger partial charge is 0.257 e. The number of benzene rings is 1. The molecule has 2 aromatic heterocycles. The molecule has 0 amide bonds. The van der Waals surface area contributed by atoms with Gasteiger partial charge in [-0.3, -0.25) is 4.90 Å². The molecule has 1 aliphatic heterocycles. The van der Waals surface area contributed by atoms with Gasteiger partial charge in [0.15, 0.2) is 5.82 Å². The Morgan fingerprint density at radius 2 is 2.09 bits per heavy atom. The van der Waals surface area contributed by atoms with Gasteiger partial charge in [-0.1, -0.05) is 23.4 Å². The Bertz CT molecular complexity index is 771. The minimum atomic E-state index is 0.565. The quantitative estimate of drug-likeness (QED) is 0.736. The van der Waals surface area contributed by atoms with Crippen molar-refractivity contribution in [1.82, 2.24) is 25.0 Å². The number of rotatable bonds is 3. The molecule has 0 unspecified atom stereocenters. The van der Waals surface area contributed by atoms with Crippen LogP contribution >= 0.6 is 0 Å². The molecule has 0 radical (unpaired) electrons. The predicted molar refractivity (Wildman–Crippen MR) is 79.6 cm³/mol. The van der Waals surface area contributed by atoms with E-state index in [0.29, 0.717) is 18.3 Å². The molecule has 0 fully saturated rings. The van der Waals surface area contributed by atoms with Crippen molar-refractivity contribution in [2.45, 2.75) is 19.5 Å². The van der Waals surface area contributed by atoms with Crippen molar-refractivity contribution in [1.29, 1.82) is 0 Å². The van der Waals surface area contributed by atoms with Crippen LogP contribution in [0.15, 0.2) is 47.4 Å². The van der Waals surface area contributed by atoms with Gasteiger partial charge in [0.05, 0.1) is 12.2 Å². The lowest BCUT2D eigenvalue weighted by atomic mass is 10.1. The van der Waals surface area contributed by atoms with E-state index in [1.807, 2.05) is 36.5 Å². The Morgan fingerprint density at radius 1 is 1.18 bits per heavy atom. The summed E-state index contributed by atoms with van der Waals surface area (Å²) in [5.74, 6) is 1.27.